The zero-order valence-corrected chi connectivity index (χ0v) is 22.8. The quantitative estimate of drug-likeness (QED) is 0.406. The Kier molecular flexibility index (Phi) is 9.21. The molecule has 4 rings (SSSR count). The van der Waals surface area contributed by atoms with Crippen LogP contribution in [0.25, 0.3) is 0 Å². The van der Waals surface area contributed by atoms with Gasteiger partial charge in [-0.1, -0.05) is 42.0 Å². The number of rotatable bonds is 11. The number of carboxylic acid groups (broad SMARTS) is 1. The Bertz CT molecular complexity index is 1120. The van der Waals surface area contributed by atoms with E-state index in [0.29, 0.717) is 18.8 Å². The van der Waals surface area contributed by atoms with Crippen molar-refractivity contribution in [2.24, 2.45) is 11.8 Å². The standard InChI is InChI=1S/C31H40N2O5/c1-21-4-9-26(10-5-21)23(3)32(19-24-6-11-27(12-7-24)31(36)37)20-25-8-13-28(22(2)18-25)38-17-16-33-29(34)14-15-30(33)35/h4-5,8-10,13,18,23-24,27H,6-7,11-12,14-17,19-20H2,1-3H3,(H,36,37)/t23?,24-,27-. The zero-order valence-electron chi connectivity index (χ0n) is 22.8. The van der Waals surface area contributed by atoms with Crippen LogP contribution in [0.3, 0.4) is 0 Å². The second-order valence-electron chi connectivity index (χ2n) is 11.0. The van der Waals surface area contributed by atoms with E-state index >= 15 is 0 Å². The van der Waals surface area contributed by atoms with E-state index in [1.807, 2.05) is 13.0 Å². The van der Waals surface area contributed by atoms with E-state index in [0.717, 1.165) is 50.1 Å². The van der Waals surface area contributed by atoms with Gasteiger partial charge in [0, 0.05) is 32.0 Å². The first-order chi connectivity index (χ1) is 18.2. The predicted octanol–water partition coefficient (Wildman–Crippen LogP) is 5.29. The molecule has 1 aliphatic heterocycles. The van der Waals surface area contributed by atoms with Gasteiger partial charge in [0.2, 0.25) is 11.8 Å². The monoisotopic (exact) mass is 520 g/mol. The molecule has 0 spiro atoms. The third-order valence-electron chi connectivity index (χ3n) is 8.15. The molecule has 7 nitrogen and oxygen atoms in total. The Morgan fingerprint density at radius 1 is 1.03 bits per heavy atom. The molecule has 2 amide bonds. The molecular weight excluding hydrogens is 480 g/mol. The molecule has 1 saturated heterocycles. The Morgan fingerprint density at radius 2 is 1.68 bits per heavy atom. The van der Waals surface area contributed by atoms with Crippen LogP contribution >= 0.6 is 0 Å². The largest absolute Gasteiger partial charge is 0.491 e. The minimum Gasteiger partial charge on any atom is -0.491 e. The highest BCUT2D eigenvalue weighted by molar-refractivity contribution is 6.01. The third-order valence-corrected chi connectivity index (χ3v) is 8.15. The molecule has 7 heteroatoms. The van der Waals surface area contributed by atoms with Crippen molar-refractivity contribution in [2.75, 3.05) is 19.7 Å². The van der Waals surface area contributed by atoms with Crippen molar-refractivity contribution in [2.45, 2.75) is 71.9 Å². The maximum absolute atomic E-state index is 11.8. The SMILES string of the molecule is Cc1ccc(C(C)N(Cc2ccc(OCCN3C(=O)CCC3=O)c(C)c2)C[C@H]2CC[C@H](C(=O)O)CC2)cc1. The van der Waals surface area contributed by atoms with E-state index in [-0.39, 0.29) is 36.9 Å². The zero-order chi connectivity index (χ0) is 27.2. The van der Waals surface area contributed by atoms with Gasteiger partial charge in [0.15, 0.2) is 0 Å². The molecule has 1 atom stereocenters. The summed E-state index contributed by atoms with van der Waals surface area (Å²) in [7, 11) is 0. The summed E-state index contributed by atoms with van der Waals surface area (Å²) in [6.45, 7) is 8.64. The van der Waals surface area contributed by atoms with E-state index in [4.69, 9.17) is 4.74 Å². The van der Waals surface area contributed by atoms with Crippen molar-refractivity contribution in [3.63, 3.8) is 0 Å². The smallest absolute Gasteiger partial charge is 0.306 e. The molecule has 1 aliphatic carbocycles. The van der Waals surface area contributed by atoms with Crippen LogP contribution < -0.4 is 4.74 Å². The van der Waals surface area contributed by atoms with Crippen molar-refractivity contribution in [1.29, 1.82) is 0 Å². The number of amides is 2. The van der Waals surface area contributed by atoms with Gasteiger partial charge in [-0.15, -0.1) is 0 Å². The van der Waals surface area contributed by atoms with Crippen molar-refractivity contribution in [1.82, 2.24) is 9.80 Å². The lowest BCUT2D eigenvalue weighted by molar-refractivity contribution is -0.143. The summed E-state index contributed by atoms with van der Waals surface area (Å²) in [5.74, 6) is 0.141. The first-order valence-electron chi connectivity index (χ1n) is 13.8. The fourth-order valence-corrected chi connectivity index (χ4v) is 5.66. The molecule has 1 saturated carbocycles. The van der Waals surface area contributed by atoms with Crippen LogP contribution in [0.1, 0.15) is 73.7 Å². The molecule has 2 aromatic carbocycles. The Balaban J connectivity index is 1.42. The van der Waals surface area contributed by atoms with Gasteiger partial charge in [0.25, 0.3) is 0 Å². The number of carbonyl (C=O) groups excluding carboxylic acids is 2. The second-order valence-corrected chi connectivity index (χ2v) is 11.0. The second kappa shape index (κ2) is 12.6. The molecule has 204 valence electrons. The third kappa shape index (κ3) is 7.01. The summed E-state index contributed by atoms with van der Waals surface area (Å²) in [6.07, 6.45) is 4.00. The molecular formula is C31H40N2O5. The average Bonchev–Trinajstić information content (AvgIpc) is 3.22. The molecule has 38 heavy (non-hydrogen) atoms. The van der Waals surface area contributed by atoms with Gasteiger partial charge < -0.3 is 9.84 Å². The molecule has 1 heterocycles. The maximum Gasteiger partial charge on any atom is 0.306 e. The Labute approximate surface area is 225 Å². The summed E-state index contributed by atoms with van der Waals surface area (Å²) >= 11 is 0. The van der Waals surface area contributed by atoms with Crippen LogP contribution in [0.2, 0.25) is 0 Å². The molecule has 1 unspecified atom stereocenters. The van der Waals surface area contributed by atoms with E-state index in [1.54, 1.807) is 0 Å². The number of hydrogen-bond acceptors (Lipinski definition) is 5. The number of hydrogen-bond donors (Lipinski definition) is 1. The molecule has 0 aromatic heterocycles. The number of imide groups is 1. The molecule has 1 N–H and O–H groups in total. The fourth-order valence-electron chi connectivity index (χ4n) is 5.66. The summed E-state index contributed by atoms with van der Waals surface area (Å²) < 4.78 is 5.93. The van der Waals surface area contributed by atoms with E-state index in [2.05, 4.69) is 55.1 Å². The predicted molar refractivity (Wildman–Crippen MR) is 146 cm³/mol. The highest BCUT2D eigenvalue weighted by atomic mass is 16.5. The average molecular weight is 521 g/mol. The van der Waals surface area contributed by atoms with Crippen LogP contribution in [-0.4, -0.2) is 52.4 Å². The first kappa shape index (κ1) is 27.8. The summed E-state index contributed by atoms with van der Waals surface area (Å²) in [5, 5.41) is 9.39. The van der Waals surface area contributed by atoms with Crippen LogP contribution in [0.5, 0.6) is 5.75 Å². The van der Waals surface area contributed by atoms with Crippen molar-refractivity contribution in [3.05, 3.63) is 64.7 Å². The van der Waals surface area contributed by atoms with Gasteiger partial charge in [-0.05, 0) is 75.1 Å². The van der Waals surface area contributed by atoms with Crippen molar-refractivity contribution in [3.8, 4) is 5.75 Å². The van der Waals surface area contributed by atoms with Crippen LogP contribution in [0.4, 0.5) is 0 Å². The number of aliphatic carboxylic acids is 1. The molecule has 2 aliphatic rings. The normalized spacial score (nSPS) is 20.7. The lowest BCUT2D eigenvalue weighted by atomic mass is 9.81. The summed E-state index contributed by atoms with van der Waals surface area (Å²) in [4.78, 5) is 38.9. The number of ether oxygens (including phenoxy) is 1. The van der Waals surface area contributed by atoms with E-state index in [1.165, 1.54) is 21.6 Å². The topological polar surface area (TPSA) is 87.2 Å². The Morgan fingerprint density at radius 3 is 2.29 bits per heavy atom. The van der Waals surface area contributed by atoms with E-state index < -0.39 is 5.97 Å². The molecule has 0 bridgehead atoms. The van der Waals surface area contributed by atoms with Crippen LogP contribution in [0, 0.1) is 25.7 Å². The fraction of sp³-hybridized carbons (Fsp3) is 0.516. The maximum atomic E-state index is 11.8. The lowest BCUT2D eigenvalue weighted by Gasteiger charge is -2.35. The highest BCUT2D eigenvalue weighted by Crippen LogP contribution is 2.33. The van der Waals surface area contributed by atoms with Gasteiger partial charge in [0.1, 0.15) is 12.4 Å². The van der Waals surface area contributed by atoms with Gasteiger partial charge in [-0.25, -0.2) is 0 Å². The van der Waals surface area contributed by atoms with Crippen molar-refractivity contribution < 1.29 is 24.2 Å². The lowest BCUT2D eigenvalue weighted by Crippen LogP contribution is -2.34. The van der Waals surface area contributed by atoms with Gasteiger partial charge in [-0.3, -0.25) is 24.2 Å². The summed E-state index contributed by atoms with van der Waals surface area (Å²) in [5.41, 5.74) is 4.73. The van der Waals surface area contributed by atoms with Gasteiger partial charge >= 0.3 is 5.97 Å². The number of carbonyl (C=O) groups is 3. The number of likely N-dealkylation sites (tertiary alicyclic amines) is 1. The van der Waals surface area contributed by atoms with Gasteiger partial charge in [0.05, 0.1) is 12.5 Å². The number of benzene rings is 2. The Hall–Kier alpha value is -3.19. The minimum absolute atomic E-state index is 0.120. The van der Waals surface area contributed by atoms with Crippen molar-refractivity contribution >= 4 is 17.8 Å². The number of aryl methyl sites for hydroxylation is 2. The number of nitrogens with zero attached hydrogens (tertiary/aromatic N) is 2. The minimum atomic E-state index is -0.662. The van der Waals surface area contributed by atoms with E-state index in [9.17, 15) is 19.5 Å². The van der Waals surface area contributed by atoms with Crippen LogP contribution in [0.15, 0.2) is 42.5 Å². The first-order valence-corrected chi connectivity index (χ1v) is 13.8. The molecule has 2 aromatic rings. The van der Waals surface area contributed by atoms with Gasteiger partial charge in [-0.2, -0.15) is 0 Å². The molecule has 0 radical (unpaired) electrons. The number of carboxylic acids is 1. The highest BCUT2D eigenvalue weighted by Gasteiger charge is 2.29. The van der Waals surface area contributed by atoms with Crippen LogP contribution in [-0.2, 0) is 20.9 Å². The molecule has 2 fully saturated rings. The summed E-state index contributed by atoms with van der Waals surface area (Å²) in [6, 6.07) is 15.1.